The lowest BCUT2D eigenvalue weighted by molar-refractivity contribution is 0.105. The first-order valence-corrected chi connectivity index (χ1v) is 6.42. The SMILES string of the molecule is CCc1n[nH]c(CN2C[C@H](OC)C[C@H]2COC)n1. The van der Waals surface area contributed by atoms with Gasteiger partial charge in [0.25, 0.3) is 0 Å². The maximum atomic E-state index is 5.44. The molecule has 2 rings (SSSR count). The number of ether oxygens (including phenoxy) is 2. The molecule has 0 saturated carbocycles. The van der Waals surface area contributed by atoms with Crippen molar-refractivity contribution in [3.63, 3.8) is 0 Å². The Kier molecular flexibility index (Phi) is 4.68. The molecule has 2 heterocycles. The largest absolute Gasteiger partial charge is 0.383 e. The second-order valence-corrected chi connectivity index (χ2v) is 4.68. The van der Waals surface area contributed by atoms with Gasteiger partial charge in [0.1, 0.15) is 11.6 Å². The van der Waals surface area contributed by atoms with Crippen molar-refractivity contribution < 1.29 is 9.47 Å². The van der Waals surface area contributed by atoms with Gasteiger partial charge in [-0.05, 0) is 6.42 Å². The molecular formula is C12H22N4O2. The van der Waals surface area contributed by atoms with E-state index in [1.165, 1.54) is 0 Å². The fourth-order valence-electron chi connectivity index (χ4n) is 2.42. The minimum atomic E-state index is 0.290. The smallest absolute Gasteiger partial charge is 0.150 e. The van der Waals surface area contributed by atoms with Crippen LogP contribution in [0.25, 0.3) is 0 Å². The van der Waals surface area contributed by atoms with Gasteiger partial charge in [0, 0.05) is 33.2 Å². The maximum absolute atomic E-state index is 5.44. The van der Waals surface area contributed by atoms with E-state index in [0.717, 1.165) is 44.2 Å². The van der Waals surface area contributed by atoms with Crippen molar-refractivity contribution in [1.82, 2.24) is 20.1 Å². The molecule has 2 atom stereocenters. The Morgan fingerprint density at radius 1 is 1.44 bits per heavy atom. The van der Waals surface area contributed by atoms with Gasteiger partial charge in [0.2, 0.25) is 0 Å². The number of methoxy groups -OCH3 is 2. The number of aryl methyl sites for hydroxylation is 1. The van der Waals surface area contributed by atoms with Crippen LogP contribution >= 0.6 is 0 Å². The quantitative estimate of drug-likeness (QED) is 0.805. The van der Waals surface area contributed by atoms with Gasteiger partial charge in [-0.25, -0.2) is 4.98 Å². The number of aromatic nitrogens is 3. The molecule has 1 N–H and O–H groups in total. The Morgan fingerprint density at radius 2 is 2.28 bits per heavy atom. The molecule has 6 heteroatoms. The number of rotatable bonds is 6. The van der Waals surface area contributed by atoms with Crippen LogP contribution in [0.1, 0.15) is 25.0 Å². The van der Waals surface area contributed by atoms with Gasteiger partial charge in [-0.1, -0.05) is 6.92 Å². The highest BCUT2D eigenvalue weighted by Gasteiger charge is 2.32. The minimum absolute atomic E-state index is 0.290. The second kappa shape index (κ2) is 6.26. The average Bonchev–Trinajstić information content (AvgIpc) is 2.98. The molecule has 0 spiro atoms. The third-order valence-electron chi connectivity index (χ3n) is 3.43. The predicted octanol–water partition coefficient (Wildman–Crippen LogP) is 0.603. The molecule has 0 amide bonds. The van der Waals surface area contributed by atoms with E-state index >= 15 is 0 Å². The molecule has 0 bridgehead atoms. The highest BCUT2D eigenvalue weighted by atomic mass is 16.5. The zero-order valence-corrected chi connectivity index (χ0v) is 11.3. The van der Waals surface area contributed by atoms with Crippen LogP contribution < -0.4 is 0 Å². The standard InChI is InChI=1S/C12H22N4O2/c1-4-11-13-12(15-14-11)7-16-6-10(18-3)5-9(16)8-17-2/h9-10H,4-8H2,1-3H3,(H,13,14,15)/t9-,10+/m0/s1. The third-order valence-corrected chi connectivity index (χ3v) is 3.43. The molecule has 1 aliphatic rings. The van der Waals surface area contributed by atoms with E-state index < -0.39 is 0 Å². The van der Waals surface area contributed by atoms with Crippen LogP contribution in [0.4, 0.5) is 0 Å². The Balaban J connectivity index is 1.97. The highest BCUT2D eigenvalue weighted by molar-refractivity contribution is 4.94. The number of hydrogen-bond donors (Lipinski definition) is 1. The summed E-state index contributed by atoms with van der Waals surface area (Å²) in [6, 6.07) is 0.398. The summed E-state index contributed by atoms with van der Waals surface area (Å²) in [4.78, 5) is 6.79. The van der Waals surface area contributed by atoms with Crippen LogP contribution in [0, 0.1) is 0 Å². The van der Waals surface area contributed by atoms with Crippen molar-refractivity contribution in [3.05, 3.63) is 11.6 Å². The molecule has 0 radical (unpaired) electrons. The molecule has 102 valence electrons. The summed E-state index contributed by atoms with van der Waals surface area (Å²) >= 11 is 0. The molecule has 6 nitrogen and oxygen atoms in total. The van der Waals surface area contributed by atoms with Crippen molar-refractivity contribution in [1.29, 1.82) is 0 Å². The molecule has 0 unspecified atom stereocenters. The predicted molar refractivity (Wildman–Crippen MR) is 67.2 cm³/mol. The van der Waals surface area contributed by atoms with Crippen molar-refractivity contribution in [2.45, 2.75) is 38.5 Å². The summed E-state index contributed by atoms with van der Waals surface area (Å²) in [5.74, 6) is 1.79. The van der Waals surface area contributed by atoms with E-state index in [0.29, 0.717) is 12.1 Å². The van der Waals surface area contributed by atoms with Crippen LogP contribution in [-0.2, 0) is 22.4 Å². The van der Waals surface area contributed by atoms with Crippen LogP contribution in [-0.4, -0.2) is 59.6 Å². The summed E-state index contributed by atoms with van der Waals surface area (Å²) in [5, 5.41) is 7.16. The Labute approximate surface area is 108 Å². The van der Waals surface area contributed by atoms with Crippen LogP contribution in [0.2, 0.25) is 0 Å². The highest BCUT2D eigenvalue weighted by Crippen LogP contribution is 2.21. The fourth-order valence-corrected chi connectivity index (χ4v) is 2.42. The Morgan fingerprint density at radius 3 is 2.89 bits per heavy atom. The zero-order valence-electron chi connectivity index (χ0n) is 11.3. The van der Waals surface area contributed by atoms with Crippen molar-refractivity contribution in [2.75, 3.05) is 27.4 Å². The van der Waals surface area contributed by atoms with Crippen LogP contribution in [0.5, 0.6) is 0 Å². The first-order chi connectivity index (χ1) is 8.76. The number of nitrogens with one attached hydrogen (secondary N) is 1. The van der Waals surface area contributed by atoms with E-state index in [1.807, 2.05) is 0 Å². The van der Waals surface area contributed by atoms with Crippen molar-refractivity contribution in [2.24, 2.45) is 0 Å². The van der Waals surface area contributed by atoms with Crippen molar-refractivity contribution >= 4 is 0 Å². The molecule has 0 aliphatic carbocycles. The molecule has 1 aromatic rings. The van der Waals surface area contributed by atoms with Gasteiger partial charge in [-0.2, -0.15) is 5.10 Å². The maximum Gasteiger partial charge on any atom is 0.150 e. The first kappa shape index (κ1) is 13.5. The molecule has 1 saturated heterocycles. The zero-order chi connectivity index (χ0) is 13.0. The van der Waals surface area contributed by atoms with Crippen LogP contribution in [0.15, 0.2) is 0 Å². The minimum Gasteiger partial charge on any atom is -0.383 e. The van der Waals surface area contributed by atoms with Gasteiger partial charge in [-0.15, -0.1) is 0 Å². The molecule has 0 aromatic carbocycles. The van der Waals surface area contributed by atoms with E-state index in [4.69, 9.17) is 9.47 Å². The lowest BCUT2D eigenvalue weighted by atomic mass is 10.2. The lowest BCUT2D eigenvalue weighted by Crippen LogP contribution is -2.33. The topological polar surface area (TPSA) is 63.3 Å². The summed E-state index contributed by atoms with van der Waals surface area (Å²) in [6.45, 7) is 4.49. The van der Waals surface area contributed by atoms with Crippen LogP contribution in [0.3, 0.4) is 0 Å². The molecule has 18 heavy (non-hydrogen) atoms. The molecule has 1 aliphatic heterocycles. The monoisotopic (exact) mass is 254 g/mol. The molecule has 1 fully saturated rings. The van der Waals surface area contributed by atoms with E-state index in [1.54, 1.807) is 14.2 Å². The van der Waals surface area contributed by atoms with Gasteiger partial charge in [-0.3, -0.25) is 10.00 Å². The average molecular weight is 254 g/mol. The summed E-state index contributed by atoms with van der Waals surface area (Å²) < 4.78 is 10.7. The number of likely N-dealkylation sites (tertiary alicyclic amines) is 1. The number of hydrogen-bond acceptors (Lipinski definition) is 5. The number of nitrogens with zero attached hydrogens (tertiary/aromatic N) is 3. The summed E-state index contributed by atoms with van der Waals surface area (Å²) in [6.07, 6.45) is 2.16. The normalized spacial score (nSPS) is 24.8. The van der Waals surface area contributed by atoms with Crippen molar-refractivity contribution in [3.8, 4) is 0 Å². The Hall–Kier alpha value is -0.980. The Bertz CT molecular complexity index is 369. The lowest BCUT2D eigenvalue weighted by Gasteiger charge is -2.21. The number of H-pyrrole nitrogens is 1. The fraction of sp³-hybridized carbons (Fsp3) is 0.833. The molecule has 1 aromatic heterocycles. The van der Waals surface area contributed by atoms with Gasteiger partial charge < -0.3 is 9.47 Å². The van der Waals surface area contributed by atoms with Gasteiger partial charge >= 0.3 is 0 Å². The summed E-state index contributed by atoms with van der Waals surface area (Å²) in [7, 11) is 3.50. The third kappa shape index (κ3) is 3.07. The summed E-state index contributed by atoms with van der Waals surface area (Å²) in [5.41, 5.74) is 0. The van der Waals surface area contributed by atoms with Gasteiger partial charge in [0.05, 0.1) is 19.3 Å². The van der Waals surface area contributed by atoms with Gasteiger partial charge in [0.15, 0.2) is 0 Å². The van der Waals surface area contributed by atoms with E-state index in [2.05, 4.69) is 27.0 Å². The van der Waals surface area contributed by atoms with E-state index in [9.17, 15) is 0 Å². The van der Waals surface area contributed by atoms with E-state index in [-0.39, 0.29) is 0 Å². The molecular weight excluding hydrogens is 232 g/mol. The second-order valence-electron chi connectivity index (χ2n) is 4.68. The number of aromatic amines is 1. The first-order valence-electron chi connectivity index (χ1n) is 6.42.